The highest BCUT2D eigenvalue weighted by molar-refractivity contribution is 5.29. The Morgan fingerprint density at radius 1 is 1.25 bits per heavy atom. The SMILES string of the molecule is N#CCc1ccc(C2CCCCC2)c(F)c1. The minimum Gasteiger partial charge on any atom is -0.207 e. The van der Waals surface area contributed by atoms with Crippen LogP contribution in [0.25, 0.3) is 0 Å². The van der Waals surface area contributed by atoms with Gasteiger partial charge in [-0.25, -0.2) is 4.39 Å². The van der Waals surface area contributed by atoms with E-state index in [9.17, 15) is 4.39 Å². The second-order valence-electron chi connectivity index (χ2n) is 4.53. The third-order valence-electron chi connectivity index (χ3n) is 3.39. The zero-order valence-electron chi connectivity index (χ0n) is 9.38. The molecule has 1 aliphatic carbocycles. The molecule has 0 aromatic heterocycles. The molecule has 0 N–H and O–H groups in total. The van der Waals surface area contributed by atoms with Gasteiger partial charge >= 0.3 is 0 Å². The summed E-state index contributed by atoms with van der Waals surface area (Å²) in [5.74, 6) is 0.268. The Balaban J connectivity index is 2.18. The van der Waals surface area contributed by atoms with Crippen LogP contribution in [-0.2, 0) is 6.42 Å². The predicted octanol–water partition coefficient (Wildman–Crippen LogP) is 3.94. The molecule has 1 fully saturated rings. The van der Waals surface area contributed by atoms with Crippen molar-refractivity contribution in [3.05, 3.63) is 35.1 Å². The molecule has 0 atom stereocenters. The van der Waals surface area contributed by atoms with Crippen molar-refractivity contribution < 1.29 is 4.39 Å². The van der Waals surface area contributed by atoms with E-state index in [2.05, 4.69) is 0 Å². The molecular formula is C14H16FN. The number of hydrogen-bond acceptors (Lipinski definition) is 1. The molecule has 1 aliphatic rings. The summed E-state index contributed by atoms with van der Waals surface area (Å²) in [5, 5.41) is 8.56. The smallest absolute Gasteiger partial charge is 0.126 e. The first kappa shape index (κ1) is 11.1. The van der Waals surface area contributed by atoms with Crippen molar-refractivity contribution in [2.24, 2.45) is 0 Å². The maximum Gasteiger partial charge on any atom is 0.126 e. The van der Waals surface area contributed by atoms with Gasteiger partial charge in [-0.05, 0) is 36.0 Å². The van der Waals surface area contributed by atoms with Crippen molar-refractivity contribution in [1.29, 1.82) is 5.26 Å². The highest BCUT2D eigenvalue weighted by atomic mass is 19.1. The number of hydrogen-bond donors (Lipinski definition) is 0. The highest BCUT2D eigenvalue weighted by Gasteiger charge is 2.18. The molecule has 0 bridgehead atoms. The fourth-order valence-electron chi connectivity index (χ4n) is 2.52. The van der Waals surface area contributed by atoms with Crippen LogP contribution in [0.2, 0.25) is 0 Å². The van der Waals surface area contributed by atoms with Crippen LogP contribution < -0.4 is 0 Å². The van der Waals surface area contributed by atoms with Crippen molar-refractivity contribution in [2.45, 2.75) is 44.4 Å². The van der Waals surface area contributed by atoms with E-state index < -0.39 is 0 Å². The lowest BCUT2D eigenvalue weighted by atomic mass is 9.83. The summed E-state index contributed by atoms with van der Waals surface area (Å²) in [6.07, 6.45) is 6.21. The summed E-state index contributed by atoms with van der Waals surface area (Å²) in [4.78, 5) is 0. The first-order chi connectivity index (χ1) is 7.81. The summed E-state index contributed by atoms with van der Waals surface area (Å²) in [7, 11) is 0. The molecule has 2 heteroatoms. The molecule has 2 rings (SSSR count). The normalized spacial score (nSPS) is 17.0. The fraction of sp³-hybridized carbons (Fsp3) is 0.500. The van der Waals surface area contributed by atoms with Gasteiger partial charge in [0.1, 0.15) is 5.82 Å². The Morgan fingerprint density at radius 3 is 2.62 bits per heavy atom. The third kappa shape index (κ3) is 2.41. The van der Waals surface area contributed by atoms with Crippen molar-refractivity contribution >= 4 is 0 Å². The lowest BCUT2D eigenvalue weighted by Crippen LogP contribution is -2.06. The molecule has 0 heterocycles. The summed E-state index contributed by atoms with van der Waals surface area (Å²) in [5.41, 5.74) is 1.63. The van der Waals surface area contributed by atoms with E-state index in [4.69, 9.17) is 5.26 Å². The van der Waals surface area contributed by atoms with Crippen LogP contribution >= 0.6 is 0 Å². The Hall–Kier alpha value is -1.36. The molecule has 1 nitrogen and oxygen atoms in total. The van der Waals surface area contributed by atoms with E-state index in [-0.39, 0.29) is 5.82 Å². The lowest BCUT2D eigenvalue weighted by molar-refractivity contribution is 0.429. The van der Waals surface area contributed by atoms with Gasteiger partial charge in [-0.15, -0.1) is 0 Å². The Morgan fingerprint density at radius 2 is 2.00 bits per heavy atom. The second-order valence-corrected chi connectivity index (χ2v) is 4.53. The molecule has 0 amide bonds. The quantitative estimate of drug-likeness (QED) is 0.736. The average molecular weight is 217 g/mol. The number of halogens is 1. The first-order valence-electron chi connectivity index (χ1n) is 5.96. The van der Waals surface area contributed by atoms with Crippen LogP contribution in [0.15, 0.2) is 18.2 Å². The summed E-state index contributed by atoms with van der Waals surface area (Å²) in [6.45, 7) is 0. The van der Waals surface area contributed by atoms with Crippen molar-refractivity contribution in [3.8, 4) is 6.07 Å². The molecule has 0 radical (unpaired) electrons. The zero-order chi connectivity index (χ0) is 11.4. The molecule has 0 spiro atoms. The van der Waals surface area contributed by atoms with Crippen LogP contribution in [0, 0.1) is 17.1 Å². The molecular weight excluding hydrogens is 201 g/mol. The number of nitrogens with zero attached hydrogens (tertiary/aromatic N) is 1. The second kappa shape index (κ2) is 5.12. The third-order valence-corrected chi connectivity index (χ3v) is 3.39. The topological polar surface area (TPSA) is 23.8 Å². The van der Waals surface area contributed by atoms with E-state index in [1.165, 1.54) is 25.3 Å². The van der Waals surface area contributed by atoms with E-state index in [0.717, 1.165) is 24.0 Å². The van der Waals surface area contributed by atoms with E-state index in [1.807, 2.05) is 18.2 Å². The van der Waals surface area contributed by atoms with Crippen LogP contribution in [0.5, 0.6) is 0 Å². The van der Waals surface area contributed by atoms with Crippen LogP contribution in [-0.4, -0.2) is 0 Å². The summed E-state index contributed by atoms with van der Waals surface area (Å²) >= 11 is 0. The van der Waals surface area contributed by atoms with Gasteiger partial charge in [-0.2, -0.15) is 5.26 Å². The standard InChI is InChI=1S/C14H16FN/c15-14-10-11(8-9-16)6-7-13(14)12-4-2-1-3-5-12/h6-7,10,12H,1-5,8H2. The predicted molar refractivity (Wildman–Crippen MR) is 61.5 cm³/mol. The maximum absolute atomic E-state index is 13.8. The minimum absolute atomic E-state index is 0.125. The van der Waals surface area contributed by atoms with Gasteiger partial charge in [-0.3, -0.25) is 0 Å². The summed E-state index contributed by atoms with van der Waals surface area (Å²) in [6, 6.07) is 7.32. The molecule has 1 aromatic carbocycles. The zero-order valence-corrected chi connectivity index (χ0v) is 9.38. The number of benzene rings is 1. The molecule has 1 saturated carbocycles. The lowest BCUT2D eigenvalue weighted by Gasteiger charge is -2.22. The average Bonchev–Trinajstić information content (AvgIpc) is 2.31. The highest BCUT2D eigenvalue weighted by Crippen LogP contribution is 2.34. The number of rotatable bonds is 2. The molecule has 0 saturated heterocycles. The monoisotopic (exact) mass is 217 g/mol. The van der Waals surface area contributed by atoms with E-state index >= 15 is 0 Å². The Bertz CT molecular complexity index is 400. The molecule has 16 heavy (non-hydrogen) atoms. The Labute approximate surface area is 95.9 Å². The van der Waals surface area contributed by atoms with E-state index in [0.29, 0.717) is 12.3 Å². The molecule has 0 unspecified atom stereocenters. The van der Waals surface area contributed by atoms with Crippen molar-refractivity contribution in [1.82, 2.24) is 0 Å². The largest absolute Gasteiger partial charge is 0.207 e. The Kier molecular flexibility index (Phi) is 3.56. The van der Waals surface area contributed by atoms with Crippen molar-refractivity contribution in [2.75, 3.05) is 0 Å². The van der Waals surface area contributed by atoms with Gasteiger partial charge < -0.3 is 0 Å². The molecule has 1 aromatic rings. The van der Waals surface area contributed by atoms with Gasteiger partial charge in [0, 0.05) is 0 Å². The van der Waals surface area contributed by atoms with Crippen LogP contribution in [0.4, 0.5) is 4.39 Å². The van der Waals surface area contributed by atoms with Crippen LogP contribution in [0.3, 0.4) is 0 Å². The number of nitriles is 1. The van der Waals surface area contributed by atoms with E-state index in [1.54, 1.807) is 0 Å². The van der Waals surface area contributed by atoms with Gasteiger partial charge in [0.2, 0.25) is 0 Å². The fourth-order valence-corrected chi connectivity index (χ4v) is 2.52. The van der Waals surface area contributed by atoms with Crippen LogP contribution in [0.1, 0.15) is 49.1 Å². The van der Waals surface area contributed by atoms with Gasteiger partial charge in [-0.1, -0.05) is 31.4 Å². The minimum atomic E-state index is -0.125. The van der Waals surface area contributed by atoms with Crippen molar-refractivity contribution in [3.63, 3.8) is 0 Å². The van der Waals surface area contributed by atoms with Gasteiger partial charge in [0.25, 0.3) is 0 Å². The van der Waals surface area contributed by atoms with Gasteiger partial charge in [0.15, 0.2) is 0 Å². The molecule has 0 aliphatic heterocycles. The maximum atomic E-state index is 13.8. The molecule has 84 valence electrons. The summed E-state index contributed by atoms with van der Waals surface area (Å²) < 4.78 is 13.8. The van der Waals surface area contributed by atoms with Gasteiger partial charge in [0.05, 0.1) is 12.5 Å². The first-order valence-corrected chi connectivity index (χ1v) is 5.96.